The van der Waals surface area contributed by atoms with Crippen LogP contribution in [0.3, 0.4) is 0 Å². The molecule has 0 saturated carbocycles. The lowest BCUT2D eigenvalue weighted by Crippen LogP contribution is -2.21. The van der Waals surface area contributed by atoms with E-state index in [9.17, 15) is 0 Å². The Hall–Kier alpha value is -3.02. The zero-order chi connectivity index (χ0) is 18.6. The maximum Gasteiger partial charge on any atom is 0.227 e. The second-order valence-corrected chi connectivity index (χ2v) is 6.63. The van der Waals surface area contributed by atoms with Gasteiger partial charge in [0.2, 0.25) is 5.95 Å². The summed E-state index contributed by atoms with van der Waals surface area (Å²) in [6, 6.07) is 14.2. The zero-order valence-corrected chi connectivity index (χ0v) is 15.7. The van der Waals surface area contributed by atoms with Crippen LogP contribution < -0.4 is 19.7 Å². The van der Waals surface area contributed by atoms with Crippen molar-refractivity contribution in [2.75, 3.05) is 37.5 Å². The Morgan fingerprint density at radius 3 is 2.37 bits per heavy atom. The molecular weight excluding hydrogens is 340 g/mol. The predicted octanol–water partition coefficient (Wildman–Crippen LogP) is 3.86. The summed E-state index contributed by atoms with van der Waals surface area (Å²) in [5, 5.41) is 4.41. The van der Waals surface area contributed by atoms with Crippen LogP contribution in [0, 0.1) is 0 Å². The Bertz CT molecular complexity index is 924. The maximum absolute atomic E-state index is 5.47. The Balaban J connectivity index is 1.77. The van der Waals surface area contributed by atoms with Crippen molar-refractivity contribution in [2.45, 2.75) is 19.4 Å². The van der Waals surface area contributed by atoms with Crippen LogP contribution in [-0.4, -0.2) is 37.3 Å². The van der Waals surface area contributed by atoms with Crippen molar-refractivity contribution in [3.05, 3.63) is 48.0 Å². The van der Waals surface area contributed by atoms with Crippen LogP contribution in [0.15, 0.2) is 42.5 Å². The highest BCUT2D eigenvalue weighted by atomic mass is 16.5. The molecule has 1 fully saturated rings. The first-order chi connectivity index (χ1) is 13.3. The lowest BCUT2D eigenvalue weighted by atomic mass is 10.2. The average Bonchev–Trinajstić information content (AvgIpc) is 3.26. The molecule has 0 radical (unpaired) electrons. The second-order valence-electron chi connectivity index (χ2n) is 6.63. The Morgan fingerprint density at radius 1 is 0.963 bits per heavy atom. The van der Waals surface area contributed by atoms with E-state index in [1.165, 1.54) is 18.4 Å². The topological polar surface area (TPSA) is 59.5 Å². The lowest BCUT2D eigenvalue weighted by molar-refractivity contribution is 0.356. The fourth-order valence-electron chi connectivity index (χ4n) is 3.42. The standard InChI is InChI=1S/C21H24N4O2/c1-26-18-12-16-17(13-19(18)27-2)23-21(25-10-6-7-11-25)24-20(16)22-14-15-8-4-3-5-9-15/h3-5,8-9,12-13H,6-7,10-11,14H2,1-2H3,(H,22,23,24). The summed E-state index contributed by atoms with van der Waals surface area (Å²) in [5.74, 6) is 2.92. The molecule has 27 heavy (non-hydrogen) atoms. The van der Waals surface area contributed by atoms with Crippen molar-refractivity contribution < 1.29 is 9.47 Å². The van der Waals surface area contributed by atoms with Gasteiger partial charge in [0.25, 0.3) is 0 Å². The van der Waals surface area contributed by atoms with Gasteiger partial charge in [0, 0.05) is 31.1 Å². The Morgan fingerprint density at radius 2 is 1.67 bits per heavy atom. The number of fused-ring (bicyclic) bond motifs is 1. The summed E-state index contributed by atoms with van der Waals surface area (Å²) in [4.78, 5) is 11.9. The van der Waals surface area contributed by atoms with E-state index >= 15 is 0 Å². The molecule has 1 N–H and O–H groups in total. The molecule has 0 amide bonds. The fraction of sp³-hybridized carbons (Fsp3) is 0.333. The third kappa shape index (κ3) is 3.60. The minimum atomic E-state index is 0.671. The van der Waals surface area contributed by atoms with Crippen LogP contribution in [-0.2, 0) is 6.54 Å². The van der Waals surface area contributed by atoms with Crippen molar-refractivity contribution >= 4 is 22.7 Å². The van der Waals surface area contributed by atoms with Crippen molar-refractivity contribution in [1.29, 1.82) is 0 Å². The highest BCUT2D eigenvalue weighted by Crippen LogP contribution is 2.35. The number of rotatable bonds is 6. The van der Waals surface area contributed by atoms with Gasteiger partial charge in [0.15, 0.2) is 11.5 Å². The minimum Gasteiger partial charge on any atom is -0.493 e. The Kier molecular flexibility index (Phi) is 4.96. The molecule has 0 bridgehead atoms. The predicted molar refractivity (Wildman–Crippen MR) is 108 cm³/mol. The maximum atomic E-state index is 5.47. The third-order valence-corrected chi connectivity index (χ3v) is 4.88. The summed E-state index contributed by atoms with van der Waals surface area (Å²) in [6.07, 6.45) is 2.36. The van der Waals surface area contributed by atoms with Gasteiger partial charge < -0.3 is 19.7 Å². The van der Waals surface area contributed by atoms with Crippen molar-refractivity contribution in [3.63, 3.8) is 0 Å². The highest BCUT2D eigenvalue weighted by Gasteiger charge is 2.19. The van der Waals surface area contributed by atoms with Gasteiger partial charge in [-0.3, -0.25) is 0 Å². The number of aromatic nitrogens is 2. The van der Waals surface area contributed by atoms with Crippen molar-refractivity contribution in [1.82, 2.24) is 9.97 Å². The van der Waals surface area contributed by atoms with E-state index in [0.29, 0.717) is 18.0 Å². The molecule has 1 aliphatic rings. The number of ether oxygens (including phenoxy) is 2. The van der Waals surface area contributed by atoms with E-state index in [4.69, 9.17) is 19.4 Å². The van der Waals surface area contributed by atoms with E-state index in [-0.39, 0.29) is 0 Å². The molecule has 4 rings (SSSR count). The molecule has 0 unspecified atom stereocenters. The summed E-state index contributed by atoms with van der Waals surface area (Å²) in [5.41, 5.74) is 2.05. The molecule has 1 aromatic heterocycles. The van der Waals surface area contributed by atoms with E-state index in [1.807, 2.05) is 30.3 Å². The SMILES string of the molecule is COc1cc2nc(N3CCCC3)nc(NCc3ccccc3)c2cc1OC. The molecule has 0 aliphatic carbocycles. The van der Waals surface area contributed by atoms with E-state index < -0.39 is 0 Å². The second kappa shape index (κ2) is 7.70. The molecule has 2 aromatic carbocycles. The van der Waals surface area contributed by atoms with Gasteiger partial charge in [-0.2, -0.15) is 4.98 Å². The van der Waals surface area contributed by atoms with Gasteiger partial charge in [-0.1, -0.05) is 30.3 Å². The molecule has 1 aliphatic heterocycles. The molecule has 2 heterocycles. The van der Waals surface area contributed by atoms with Gasteiger partial charge in [0.05, 0.1) is 19.7 Å². The fourth-order valence-corrected chi connectivity index (χ4v) is 3.42. The highest BCUT2D eigenvalue weighted by molar-refractivity contribution is 5.92. The monoisotopic (exact) mass is 364 g/mol. The van der Waals surface area contributed by atoms with Gasteiger partial charge in [-0.05, 0) is 24.5 Å². The zero-order valence-electron chi connectivity index (χ0n) is 15.7. The van der Waals surface area contributed by atoms with Gasteiger partial charge in [-0.25, -0.2) is 4.98 Å². The number of hydrogen-bond acceptors (Lipinski definition) is 6. The first kappa shape index (κ1) is 17.4. The van der Waals surface area contributed by atoms with Crippen molar-refractivity contribution in [3.8, 4) is 11.5 Å². The quantitative estimate of drug-likeness (QED) is 0.717. The third-order valence-electron chi connectivity index (χ3n) is 4.88. The van der Waals surface area contributed by atoms with E-state index in [0.717, 1.165) is 35.8 Å². The van der Waals surface area contributed by atoms with Crippen LogP contribution >= 0.6 is 0 Å². The molecule has 6 heteroatoms. The Labute approximate surface area is 159 Å². The first-order valence-corrected chi connectivity index (χ1v) is 9.25. The van der Waals surface area contributed by atoms with Crippen molar-refractivity contribution in [2.24, 2.45) is 0 Å². The summed E-state index contributed by atoms with van der Waals surface area (Å²) < 4.78 is 10.9. The molecule has 0 atom stereocenters. The van der Waals surface area contributed by atoms with Crippen LogP contribution in [0.4, 0.5) is 11.8 Å². The number of anilines is 2. The first-order valence-electron chi connectivity index (χ1n) is 9.25. The number of nitrogens with zero attached hydrogens (tertiary/aromatic N) is 3. The van der Waals surface area contributed by atoms with Crippen LogP contribution in [0.2, 0.25) is 0 Å². The minimum absolute atomic E-state index is 0.671. The largest absolute Gasteiger partial charge is 0.493 e. The molecule has 3 aromatic rings. The normalized spacial score (nSPS) is 13.8. The van der Waals surface area contributed by atoms with Gasteiger partial charge in [-0.15, -0.1) is 0 Å². The van der Waals surface area contributed by atoms with Crippen LogP contribution in [0.1, 0.15) is 18.4 Å². The lowest BCUT2D eigenvalue weighted by Gasteiger charge is -2.19. The van der Waals surface area contributed by atoms with E-state index in [2.05, 4.69) is 22.3 Å². The smallest absolute Gasteiger partial charge is 0.227 e. The summed E-state index contributed by atoms with van der Waals surface area (Å²) >= 11 is 0. The molecule has 0 spiro atoms. The number of methoxy groups -OCH3 is 2. The molecule has 140 valence electrons. The molecular formula is C21H24N4O2. The van der Waals surface area contributed by atoms with Gasteiger partial charge in [0.1, 0.15) is 5.82 Å². The summed E-state index contributed by atoms with van der Waals surface area (Å²) in [7, 11) is 3.28. The number of nitrogens with one attached hydrogen (secondary N) is 1. The van der Waals surface area contributed by atoms with Crippen LogP contribution in [0.25, 0.3) is 10.9 Å². The van der Waals surface area contributed by atoms with Crippen LogP contribution in [0.5, 0.6) is 11.5 Å². The molecule has 6 nitrogen and oxygen atoms in total. The average molecular weight is 364 g/mol. The van der Waals surface area contributed by atoms with Gasteiger partial charge >= 0.3 is 0 Å². The summed E-state index contributed by atoms with van der Waals surface area (Å²) in [6.45, 7) is 2.69. The van der Waals surface area contributed by atoms with E-state index in [1.54, 1.807) is 14.2 Å². The number of benzene rings is 2. The molecule has 1 saturated heterocycles. The number of hydrogen-bond donors (Lipinski definition) is 1.